The molecule has 136 valence electrons. The molecule has 25 heavy (non-hydrogen) atoms. The van der Waals surface area contributed by atoms with Crippen LogP contribution >= 0.6 is 24.0 Å². The number of para-hydroxylation sites is 1. The molecule has 0 saturated carbocycles. The maximum absolute atomic E-state index is 6.07. The molecule has 1 aliphatic rings. The van der Waals surface area contributed by atoms with Crippen LogP contribution in [0.5, 0.6) is 5.75 Å². The Morgan fingerprint density at radius 3 is 2.80 bits per heavy atom. The van der Waals surface area contributed by atoms with Crippen molar-refractivity contribution in [3.8, 4) is 5.75 Å². The topological polar surface area (TPSA) is 71.7 Å². The maximum atomic E-state index is 6.07. The second kappa shape index (κ2) is 8.07. The van der Waals surface area contributed by atoms with Gasteiger partial charge in [-0.15, -0.1) is 24.0 Å². The molecule has 3 rings (SSSR count). The van der Waals surface area contributed by atoms with Crippen molar-refractivity contribution in [3.63, 3.8) is 0 Å². The monoisotopic (exact) mass is 456 g/mol. The number of nitrogens with zero attached hydrogens (tertiary/aromatic N) is 2. The maximum Gasteiger partial charge on any atom is 0.191 e. The quantitative estimate of drug-likeness (QED) is 0.420. The molecule has 0 amide bonds. The number of guanidine groups is 1. The molecule has 2 aromatic rings. The molecule has 7 heteroatoms. The molecule has 0 spiro atoms. The molecule has 0 saturated heterocycles. The van der Waals surface area contributed by atoms with E-state index < -0.39 is 0 Å². The lowest BCUT2D eigenvalue weighted by molar-refractivity contribution is 0.0694. The average Bonchev–Trinajstić information content (AvgIpc) is 2.95. The normalized spacial score (nSPS) is 18.6. The fraction of sp³-hybridized carbons (Fsp3) is 0.444. The van der Waals surface area contributed by atoms with Crippen molar-refractivity contribution in [2.24, 2.45) is 4.99 Å². The Labute approximate surface area is 165 Å². The molecule has 1 unspecified atom stereocenters. The molecule has 0 bridgehead atoms. The summed E-state index contributed by atoms with van der Waals surface area (Å²) in [4.78, 5) is 4.32. The zero-order chi connectivity index (χ0) is 17.2. The van der Waals surface area contributed by atoms with E-state index in [4.69, 9.17) is 9.26 Å². The van der Waals surface area contributed by atoms with Crippen LogP contribution in [0.4, 0.5) is 0 Å². The fourth-order valence-electron chi connectivity index (χ4n) is 2.96. The summed E-state index contributed by atoms with van der Waals surface area (Å²) < 4.78 is 11.3. The summed E-state index contributed by atoms with van der Waals surface area (Å²) in [5, 5.41) is 10.7. The lowest BCUT2D eigenvalue weighted by atomic mass is 9.90. The number of aliphatic imine (C=N–C) groups is 1. The van der Waals surface area contributed by atoms with Gasteiger partial charge in [0.1, 0.15) is 11.4 Å². The van der Waals surface area contributed by atoms with E-state index in [1.54, 1.807) is 7.05 Å². The molecule has 0 radical (unpaired) electrons. The number of fused-ring (bicyclic) bond motifs is 1. The lowest BCUT2D eigenvalue weighted by Crippen LogP contribution is -2.45. The summed E-state index contributed by atoms with van der Waals surface area (Å²) in [5.74, 6) is 2.43. The Morgan fingerprint density at radius 1 is 1.36 bits per heavy atom. The Hall–Kier alpha value is -1.77. The van der Waals surface area contributed by atoms with Gasteiger partial charge in [-0.1, -0.05) is 23.4 Å². The highest BCUT2D eigenvalue weighted by molar-refractivity contribution is 14.0. The summed E-state index contributed by atoms with van der Waals surface area (Å²) in [6, 6.07) is 10.2. The number of hydrogen-bond acceptors (Lipinski definition) is 4. The minimum absolute atomic E-state index is 0. The predicted molar refractivity (Wildman–Crippen MR) is 108 cm³/mol. The number of benzene rings is 1. The van der Waals surface area contributed by atoms with Gasteiger partial charge in [0, 0.05) is 25.1 Å². The van der Waals surface area contributed by atoms with E-state index in [1.165, 1.54) is 0 Å². The van der Waals surface area contributed by atoms with E-state index >= 15 is 0 Å². The molecule has 1 atom stereocenters. The Kier molecular flexibility index (Phi) is 6.31. The van der Waals surface area contributed by atoms with Gasteiger partial charge >= 0.3 is 0 Å². The Bertz CT molecular complexity index is 742. The predicted octanol–water partition coefficient (Wildman–Crippen LogP) is 3.57. The highest BCUT2D eigenvalue weighted by Crippen LogP contribution is 2.39. The Morgan fingerprint density at radius 2 is 2.12 bits per heavy atom. The van der Waals surface area contributed by atoms with E-state index in [2.05, 4.69) is 40.7 Å². The molecule has 0 aliphatic carbocycles. The van der Waals surface area contributed by atoms with Gasteiger partial charge in [-0.25, -0.2) is 0 Å². The van der Waals surface area contributed by atoms with E-state index in [9.17, 15) is 0 Å². The van der Waals surface area contributed by atoms with Crippen molar-refractivity contribution in [2.75, 3.05) is 7.05 Å². The number of aromatic nitrogens is 1. The smallest absolute Gasteiger partial charge is 0.191 e. The van der Waals surface area contributed by atoms with Gasteiger partial charge in [0.2, 0.25) is 0 Å². The van der Waals surface area contributed by atoms with Gasteiger partial charge in [0.15, 0.2) is 11.7 Å². The molecule has 0 fully saturated rings. The van der Waals surface area contributed by atoms with Crippen LogP contribution in [-0.4, -0.2) is 23.8 Å². The van der Waals surface area contributed by atoms with Gasteiger partial charge < -0.3 is 19.9 Å². The van der Waals surface area contributed by atoms with Crippen molar-refractivity contribution in [1.29, 1.82) is 0 Å². The number of halogens is 1. The first kappa shape index (κ1) is 19.6. The van der Waals surface area contributed by atoms with Crippen LogP contribution in [0.2, 0.25) is 0 Å². The number of rotatable bonds is 3. The summed E-state index contributed by atoms with van der Waals surface area (Å²) >= 11 is 0. The second-order valence-corrected chi connectivity index (χ2v) is 6.66. The van der Waals surface area contributed by atoms with Crippen LogP contribution in [0.25, 0.3) is 0 Å². The standard InChI is InChI=1S/C18H24N4O2.HI/c1-12-9-13(24-22-12)11-20-17(19-4)21-15-10-18(2,3)23-16-8-6-5-7-14(15)16;/h5-9,15H,10-11H2,1-4H3,(H2,19,20,21);1H. The molecule has 6 nitrogen and oxygen atoms in total. The van der Waals surface area contributed by atoms with Crippen LogP contribution < -0.4 is 15.4 Å². The molecule has 2 N–H and O–H groups in total. The van der Waals surface area contributed by atoms with E-state index in [1.807, 2.05) is 31.2 Å². The summed E-state index contributed by atoms with van der Waals surface area (Å²) in [5.41, 5.74) is 1.79. The van der Waals surface area contributed by atoms with Crippen molar-refractivity contribution in [3.05, 3.63) is 47.3 Å². The van der Waals surface area contributed by atoms with Crippen molar-refractivity contribution in [1.82, 2.24) is 15.8 Å². The first-order valence-electron chi connectivity index (χ1n) is 8.14. The zero-order valence-electron chi connectivity index (χ0n) is 15.0. The van der Waals surface area contributed by atoms with Crippen molar-refractivity contribution in [2.45, 2.75) is 45.4 Å². The molecule has 2 heterocycles. The molecule has 1 aromatic carbocycles. The lowest BCUT2D eigenvalue weighted by Gasteiger charge is -2.38. The van der Waals surface area contributed by atoms with Crippen molar-refractivity contribution < 1.29 is 9.26 Å². The van der Waals surface area contributed by atoms with Gasteiger partial charge in [-0.05, 0) is 26.8 Å². The first-order chi connectivity index (χ1) is 11.5. The number of aryl methyl sites for hydroxylation is 1. The van der Waals surface area contributed by atoms with Crippen LogP contribution in [0.15, 0.2) is 39.8 Å². The SMILES string of the molecule is CN=C(NCc1cc(C)no1)NC1CC(C)(C)Oc2ccccc21.I. The fourth-order valence-corrected chi connectivity index (χ4v) is 2.96. The van der Waals surface area contributed by atoms with E-state index in [-0.39, 0.29) is 35.6 Å². The van der Waals surface area contributed by atoms with Crippen LogP contribution in [0.1, 0.15) is 43.3 Å². The number of ether oxygens (including phenoxy) is 1. The van der Waals surface area contributed by atoms with Gasteiger partial charge in [0.05, 0.1) is 18.3 Å². The minimum atomic E-state index is -0.229. The third-order valence-corrected chi connectivity index (χ3v) is 4.02. The number of hydrogen-bond donors (Lipinski definition) is 2. The van der Waals surface area contributed by atoms with Crippen molar-refractivity contribution >= 4 is 29.9 Å². The van der Waals surface area contributed by atoms with E-state index in [0.29, 0.717) is 6.54 Å². The summed E-state index contributed by atoms with van der Waals surface area (Å²) in [6.45, 7) is 6.64. The third-order valence-electron chi connectivity index (χ3n) is 4.02. The Balaban J connectivity index is 0.00000225. The first-order valence-corrected chi connectivity index (χ1v) is 8.14. The van der Waals surface area contributed by atoms with E-state index in [0.717, 1.165) is 35.1 Å². The molecule has 1 aliphatic heterocycles. The highest BCUT2D eigenvalue weighted by atomic mass is 127. The van der Waals surface area contributed by atoms with Crippen LogP contribution in [0, 0.1) is 6.92 Å². The third kappa shape index (κ3) is 4.87. The second-order valence-electron chi connectivity index (χ2n) is 6.66. The number of nitrogens with one attached hydrogen (secondary N) is 2. The molecular weight excluding hydrogens is 431 g/mol. The zero-order valence-corrected chi connectivity index (χ0v) is 17.3. The summed E-state index contributed by atoms with van der Waals surface area (Å²) in [6.07, 6.45) is 0.853. The van der Waals surface area contributed by atoms with Gasteiger partial charge in [-0.3, -0.25) is 4.99 Å². The molecular formula is C18H25IN4O2. The molecule has 1 aromatic heterocycles. The minimum Gasteiger partial charge on any atom is -0.487 e. The highest BCUT2D eigenvalue weighted by Gasteiger charge is 2.33. The van der Waals surface area contributed by atoms with Crippen LogP contribution in [0.3, 0.4) is 0 Å². The van der Waals surface area contributed by atoms with Gasteiger partial charge in [-0.2, -0.15) is 0 Å². The average molecular weight is 456 g/mol. The van der Waals surface area contributed by atoms with Crippen LogP contribution in [-0.2, 0) is 6.54 Å². The summed E-state index contributed by atoms with van der Waals surface area (Å²) in [7, 11) is 1.76. The van der Waals surface area contributed by atoms with Gasteiger partial charge in [0.25, 0.3) is 0 Å². The largest absolute Gasteiger partial charge is 0.487 e.